The molecule has 2 atom stereocenters. The Hall–Kier alpha value is -1.76. The molecule has 2 unspecified atom stereocenters. The van der Waals surface area contributed by atoms with Crippen molar-refractivity contribution in [1.29, 1.82) is 0 Å². The van der Waals surface area contributed by atoms with Crippen LogP contribution in [-0.4, -0.2) is 36.4 Å². The Bertz CT molecular complexity index is 771. The molecule has 0 amide bonds. The maximum absolute atomic E-state index is 6.70. The molecule has 3 fully saturated rings. The predicted molar refractivity (Wildman–Crippen MR) is 111 cm³/mol. The van der Waals surface area contributed by atoms with E-state index in [4.69, 9.17) is 19.0 Å². The number of nitrogens with zero attached hydrogens (tertiary/aromatic N) is 1. The zero-order valence-electron chi connectivity index (χ0n) is 17.7. The molecular formula is C24H31NO4. The summed E-state index contributed by atoms with van der Waals surface area (Å²) < 4.78 is 17.8. The van der Waals surface area contributed by atoms with Gasteiger partial charge in [-0.15, -0.1) is 0 Å². The van der Waals surface area contributed by atoms with Crippen LogP contribution in [0.15, 0.2) is 60.7 Å². The van der Waals surface area contributed by atoms with Gasteiger partial charge in [0.15, 0.2) is 0 Å². The highest BCUT2D eigenvalue weighted by molar-refractivity contribution is 5.21. The summed E-state index contributed by atoms with van der Waals surface area (Å²) in [4.78, 5) is 6.70. The molecule has 3 heterocycles. The lowest BCUT2D eigenvalue weighted by molar-refractivity contribution is -0.481. The van der Waals surface area contributed by atoms with Crippen LogP contribution in [0.1, 0.15) is 51.0 Å². The minimum absolute atomic E-state index is 0.0284. The predicted octanol–water partition coefficient (Wildman–Crippen LogP) is 4.87. The van der Waals surface area contributed by atoms with Crippen molar-refractivity contribution in [3.8, 4) is 0 Å². The van der Waals surface area contributed by atoms with E-state index in [-0.39, 0.29) is 12.1 Å². The molecule has 0 aromatic heterocycles. The molecule has 3 aliphatic rings. The molecular weight excluding hydrogens is 366 g/mol. The number of fused-ring (bicyclic) bond motifs is 3. The van der Waals surface area contributed by atoms with Gasteiger partial charge in [-0.2, -0.15) is 5.06 Å². The molecule has 2 bridgehead atoms. The van der Waals surface area contributed by atoms with Crippen molar-refractivity contribution < 1.29 is 19.0 Å². The second-order valence-electron chi connectivity index (χ2n) is 8.54. The van der Waals surface area contributed by atoms with Crippen LogP contribution in [-0.2, 0) is 19.0 Å². The average molecular weight is 398 g/mol. The molecule has 2 aromatic rings. The molecule has 5 heteroatoms. The normalized spacial score (nSPS) is 28.6. The molecule has 0 saturated carbocycles. The zero-order valence-corrected chi connectivity index (χ0v) is 17.7. The summed E-state index contributed by atoms with van der Waals surface area (Å²) in [7, 11) is 0. The van der Waals surface area contributed by atoms with E-state index in [1.807, 2.05) is 31.2 Å². The molecule has 2 aromatic carbocycles. The first-order valence-corrected chi connectivity index (χ1v) is 10.4. The highest BCUT2D eigenvalue weighted by Crippen LogP contribution is 2.43. The van der Waals surface area contributed by atoms with E-state index < -0.39 is 11.5 Å². The first-order chi connectivity index (χ1) is 13.9. The lowest BCUT2D eigenvalue weighted by atomic mass is 9.90. The van der Waals surface area contributed by atoms with Gasteiger partial charge in [-0.3, -0.25) is 4.84 Å². The molecule has 5 rings (SSSR count). The highest BCUT2D eigenvalue weighted by Gasteiger charge is 2.56. The second-order valence-corrected chi connectivity index (χ2v) is 8.54. The third-order valence-electron chi connectivity index (χ3n) is 5.84. The molecule has 0 aliphatic carbocycles. The van der Waals surface area contributed by atoms with Gasteiger partial charge in [0.25, 0.3) is 5.97 Å². The number of hydrogen-bond acceptors (Lipinski definition) is 5. The molecule has 3 saturated heterocycles. The van der Waals surface area contributed by atoms with Gasteiger partial charge in [-0.25, -0.2) is 0 Å². The van der Waals surface area contributed by atoms with E-state index >= 15 is 0 Å². The fourth-order valence-corrected chi connectivity index (χ4v) is 4.11. The Kier molecular flexibility index (Phi) is 5.78. The Morgan fingerprint density at radius 3 is 1.76 bits per heavy atom. The van der Waals surface area contributed by atoms with Crippen LogP contribution >= 0.6 is 0 Å². The van der Waals surface area contributed by atoms with Gasteiger partial charge in [-0.1, -0.05) is 74.5 Å². The van der Waals surface area contributed by atoms with Crippen molar-refractivity contribution in [2.75, 3.05) is 19.8 Å². The first-order valence-electron chi connectivity index (χ1n) is 10.4. The SMILES string of the molecule is CC(ON(C(c1ccccc1)C(C)C)C12COC(C)(OC1)OC2)c1ccccc1. The number of benzene rings is 2. The van der Waals surface area contributed by atoms with Crippen LogP contribution in [0.5, 0.6) is 0 Å². The van der Waals surface area contributed by atoms with Crippen molar-refractivity contribution in [2.45, 2.75) is 51.4 Å². The van der Waals surface area contributed by atoms with E-state index in [1.54, 1.807) is 0 Å². The Labute approximate surface area is 173 Å². The lowest BCUT2D eigenvalue weighted by Gasteiger charge is -2.56. The number of rotatable bonds is 7. The van der Waals surface area contributed by atoms with E-state index in [0.29, 0.717) is 25.7 Å². The minimum Gasteiger partial charge on any atom is -0.325 e. The topological polar surface area (TPSA) is 40.2 Å². The van der Waals surface area contributed by atoms with Gasteiger partial charge in [0, 0.05) is 6.92 Å². The van der Waals surface area contributed by atoms with Gasteiger partial charge in [0.05, 0.1) is 25.9 Å². The Balaban J connectivity index is 1.70. The number of hydroxylamine groups is 2. The quantitative estimate of drug-likeness (QED) is 0.624. The van der Waals surface area contributed by atoms with Gasteiger partial charge in [-0.05, 0) is 24.0 Å². The van der Waals surface area contributed by atoms with E-state index in [0.717, 1.165) is 5.56 Å². The molecule has 29 heavy (non-hydrogen) atoms. The molecule has 3 aliphatic heterocycles. The minimum atomic E-state index is -0.946. The van der Waals surface area contributed by atoms with E-state index in [9.17, 15) is 0 Å². The summed E-state index contributed by atoms with van der Waals surface area (Å²) in [6, 6.07) is 20.8. The fraction of sp³-hybridized carbons (Fsp3) is 0.500. The third kappa shape index (κ3) is 4.11. The van der Waals surface area contributed by atoms with E-state index in [1.165, 1.54) is 5.56 Å². The molecule has 5 nitrogen and oxygen atoms in total. The molecule has 0 N–H and O–H groups in total. The van der Waals surface area contributed by atoms with E-state index in [2.05, 4.69) is 62.2 Å². The smallest absolute Gasteiger partial charge is 0.280 e. The van der Waals surface area contributed by atoms with Crippen molar-refractivity contribution in [1.82, 2.24) is 5.06 Å². The standard InChI is InChI=1S/C24H31NO4/c1-18(2)22(21-13-9-6-10-14-21)25(29-19(3)20-11-7-5-8-12-20)24-15-26-23(4,27-16-24)28-17-24/h5-14,18-19,22H,15-17H2,1-4H3. The summed E-state index contributed by atoms with van der Waals surface area (Å²) >= 11 is 0. The van der Waals surface area contributed by atoms with Gasteiger partial charge in [0.2, 0.25) is 0 Å². The maximum Gasteiger partial charge on any atom is 0.280 e. The van der Waals surface area contributed by atoms with Crippen LogP contribution in [0.3, 0.4) is 0 Å². The average Bonchev–Trinajstić information content (AvgIpc) is 2.75. The van der Waals surface area contributed by atoms with Crippen molar-refractivity contribution >= 4 is 0 Å². The Morgan fingerprint density at radius 2 is 1.28 bits per heavy atom. The first kappa shape index (κ1) is 20.5. The van der Waals surface area contributed by atoms with Gasteiger partial charge in [0.1, 0.15) is 11.6 Å². The second kappa shape index (κ2) is 8.17. The highest BCUT2D eigenvalue weighted by atomic mass is 16.9. The fourth-order valence-electron chi connectivity index (χ4n) is 4.11. The third-order valence-corrected chi connectivity index (χ3v) is 5.84. The molecule has 0 radical (unpaired) electrons. The largest absolute Gasteiger partial charge is 0.325 e. The van der Waals surface area contributed by atoms with Crippen LogP contribution in [0.25, 0.3) is 0 Å². The maximum atomic E-state index is 6.70. The zero-order chi connectivity index (χ0) is 20.5. The summed E-state index contributed by atoms with van der Waals surface area (Å²) in [6.45, 7) is 9.85. The summed E-state index contributed by atoms with van der Waals surface area (Å²) in [6.07, 6.45) is -0.120. The molecule has 0 spiro atoms. The van der Waals surface area contributed by atoms with Gasteiger partial charge >= 0.3 is 0 Å². The number of ether oxygens (including phenoxy) is 3. The molecule has 156 valence electrons. The van der Waals surface area contributed by atoms with Crippen LogP contribution in [0.4, 0.5) is 0 Å². The Morgan fingerprint density at radius 1 is 0.793 bits per heavy atom. The van der Waals surface area contributed by atoms with Crippen LogP contribution < -0.4 is 0 Å². The lowest BCUT2D eigenvalue weighted by Crippen LogP contribution is -2.70. The van der Waals surface area contributed by atoms with Crippen molar-refractivity contribution in [3.63, 3.8) is 0 Å². The van der Waals surface area contributed by atoms with Crippen LogP contribution in [0, 0.1) is 5.92 Å². The van der Waals surface area contributed by atoms with Crippen molar-refractivity contribution in [2.24, 2.45) is 5.92 Å². The number of hydrogen-bond donors (Lipinski definition) is 0. The van der Waals surface area contributed by atoms with Crippen LogP contribution in [0.2, 0.25) is 0 Å². The van der Waals surface area contributed by atoms with Crippen molar-refractivity contribution in [3.05, 3.63) is 71.8 Å². The summed E-state index contributed by atoms with van der Waals surface area (Å²) in [5.41, 5.74) is 1.82. The monoisotopic (exact) mass is 397 g/mol. The summed E-state index contributed by atoms with van der Waals surface area (Å²) in [5, 5.41) is 2.10. The van der Waals surface area contributed by atoms with Gasteiger partial charge < -0.3 is 14.2 Å². The summed E-state index contributed by atoms with van der Waals surface area (Å²) in [5.74, 6) is -0.636.